The molecule has 0 amide bonds. The van der Waals surface area contributed by atoms with Crippen LogP contribution in [0.2, 0.25) is 0 Å². The van der Waals surface area contributed by atoms with Crippen molar-refractivity contribution >= 4 is 17.0 Å². The van der Waals surface area contributed by atoms with Gasteiger partial charge in [-0.05, 0) is 35.4 Å². The molecule has 0 saturated heterocycles. The first kappa shape index (κ1) is 13.7. The number of benzene rings is 1. The van der Waals surface area contributed by atoms with Crippen molar-refractivity contribution in [3.63, 3.8) is 0 Å². The van der Waals surface area contributed by atoms with Crippen molar-refractivity contribution in [2.45, 2.75) is 19.4 Å². The van der Waals surface area contributed by atoms with Crippen LogP contribution in [-0.2, 0) is 6.42 Å². The van der Waals surface area contributed by atoms with Gasteiger partial charge in [0.2, 0.25) is 0 Å². The normalized spacial score (nSPS) is 12.3. The Morgan fingerprint density at radius 1 is 1.37 bits per heavy atom. The van der Waals surface area contributed by atoms with Crippen molar-refractivity contribution in [2.24, 2.45) is 0 Å². The number of thiophene rings is 1. The molecule has 0 bridgehead atoms. The highest BCUT2D eigenvalue weighted by Gasteiger charge is 2.18. The standard InChI is InChI=1S/C14H16N2O2S/c1-2-15-13(12-7-8-19-10-12)9-11-5-3-4-6-14(11)16(17)18/h3-8,10,13,15H,2,9H2,1H3. The van der Waals surface area contributed by atoms with Crippen molar-refractivity contribution in [3.8, 4) is 0 Å². The van der Waals surface area contributed by atoms with Crippen LogP contribution in [0.25, 0.3) is 0 Å². The maximum atomic E-state index is 11.0. The van der Waals surface area contributed by atoms with Gasteiger partial charge < -0.3 is 5.32 Å². The molecule has 0 aliphatic carbocycles. The minimum absolute atomic E-state index is 0.123. The molecule has 0 spiro atoms. The van der Waals surface area contributed by atoms with Gasteiger partial charge in [0.1, 0.15) is 0 Å². The number of nitro groups is 1. The summed E-state index contributed by atoms with van der Waals surface area (Å²) in [5.74, 6) is 0. The van der Waals surface area contributed by atoms with E-state index < -0.39 is 0 Å². The minimum Gasteiger partial charge on any atom is -0.310 e. The number of likely N-dealkylation sites (N-methyl/N-ethyl adjacent to an activating group) is 1. The lowest BCUT2D eigenvalue weighted by Gasteiger charge is -2.16. The SMILES string of the molecule is CCNC(Cc1ccccc1[N+](=O)[O-])c1ccsc1. The number of nitrogens with one attached hydrogen (secondary N) is 1. The molecule has 0 aliphatic rings. The molecule has 0 saturated carbocycles. The van der Waals surface area contributed by atoms with E-state index >= 15 is 0 Å². The predicted octanol–water partition coefficient (Wildman–Crippen LogP) is 3.55. The molecule has 2 rings (SSSR count). The van der Waals surface area contributed by atoms with E-state index in [-0.39, 0.29) is 16.7 Å². The maximum absolute atomic E-state index is 11.0. The van der Waals surface area contributed by atoms with Crippen LogP contribution in [0.15, 0.2) is 41.1 Å². The van der Waals surface area contributed by atoms with E-state index in [0.717, 1.165) is 12.1 Å². The van der Waals surface area contributed by atoms with Gasteiger partial charge in [-0.2, -0.15) is 11.3 Å². The van der Waals surface area contributed by atoms with E-state index in [1.54, 1.807) is 23.5 Å². The van der Waals surface area contributed by atoms with Crippen LogP contribution in [-0.4, -0.2) is 11.5 Å². The van der Waals surface area contributed by atoms with Gasteiger partial charge in [0.15, 0.2) is 0 Å². The van der Waals surface area contributed by atoms with Crippen molar-refractivity contribution in [1.29, 1.82) is 0 Å². The van der Waals surface area contributed by atoms with E-state index in [1.807, 2.05) is 24.4 Å². The number of nitro benzene ring substituents is 1. The quantitative estimate of drug-likeness (QED) is 0.648. The lowest BCUT2D eigenvalue weighted by atomic mass is 10.00. The molecule has 1 N–H and O–H groups in total. The summed E-state index contributed by atoms with van der Waals surface area (Å²) in [6, 6.07) is 9.12. The summed E-state index contributed by atoms with van der Waals surface area (Å²) in [7, 11) is 0. The first-order valence-electron chi connectivity index (χ1n) is 6.20. The van der Waals surface area contributed by atoms with Crippen molar-refractivity contribution in [2.75, 3.05) is 6.54 Å². The fourth-order valence-corrected chi connectivity index (χ4v) is 2.82. The van der Waals surface area contributed by atoms with Crippen LogP contribution < -0.4 is 5.32 Å². The topological polar surface area (TPSA) is 55.2 Å². The second-order valence-corrected chi connectivity index (χ2v) is 5.04. The van der Waals surface area contributed by atoms with E-state index in [0.29, 0.717) is 6.42 Å². The summed E-state index contributed by atoms with van der Waals surface area (Å²) in [5, 5.41) is 18.5. The zero-order chi connectivity index (χ0) is 13.7. The number of nitrogens with zero attached hydrogens (tertiary/aromatic N) is 1. The van der Waals surface area contributed by atoms with E-state index in [9.17, 15) is 10.1 Å². The highest BCUT2D eigenvalue weighted by molar-refractivity contribution is 7.07. The van der Waals surface area contributed by atoms with Crippen LogP contribution in [0, 0.1) is 10.1 Å². The molecule has 0 aliphatic heterocycles. The smallest absolute Gasteiger partial charge is 0.272 e. The third-order valence-electron chi connectivity index (χ3n) is 3.01. The minimum atomic E-state index is -0.314. The molecule has 2 aromatic rings. The first-order valence-corrected chi connectivity index (χ1v) is 7.14. The Kier molecular flexibility index (Phi) is 4.65. The molecule has 1 atom stereocenters. The van der Waals surface area contributed by atoms with Gasteiger partial charge >= 0.3 is 0 Å². The van der Waals surface area contributed by atoms with Gasteiger partial charge in [0, 0.05) is 17.7 Å². The monoisotopic (exact) mass is 276 g/mol. The van der Waals surface area contributed by atoms with Crippen LogP contribution >= 0.6 is 11.3 Å². The van der Waals surface area contributed by atoms with Gasteiger partial charge in [0.25, 0.3) is 5.69 Å². The Morgan fingerprint density at radius 2 is 2.16 bits per heavy atom. The van der Waals surface area contributed by atoms with Gasteiger partial charge in [0.05, 0.1) is 4.92 Å². The van der Waals surface area contributed by atoms with Gasteiger partial charge in [-0.15, -0.1) is 0 Å². The maximum Gasteiger partial charge on any atom is 0.272 e. The molecule has 19 heavy (non-hydrogen) atoms. The van der Waals surface area contributed by atoms with E-state index in [4.69, 9.17) is 0 Å². The highest BCUT2D eigenvalue weighted by atomic mass is 32.1. The molecule has 4 nitrogen and oxygen atoms in total. The molecular weight excluding hydrogens is 260 g/mol. The first-order chi connectivity index (χ1) is 9.22. The predicted molar refractivity (Wildman–Crippen MR) is 77.5 cm³/mol. The summed E-state index contributed by atoms with van der Waals surface area (Å²) < 4.78 is 0. The summed E-state index contributed by atoms with van der Waals surface area (Å²) in [6.07, 6.45) is 0.627. The summed E-state index contributed by atoms with van der Waals surface area (Å²) in [5.41, 5.74) is 2.15. The zero-order valence-electron chi connectivity index (χ0n) is 10.7. The summed E-state index contributed by atoms with van der Waals surface area (Å²) >= 11 is 1.64. The van der Waals surface area contributed by atoms with Crippen LogP contribution in [0.4, 0.5) is 5.69 Å². The van der Waals surface area contributed by atoms with Crippen molar-refractivity contribution in [1.82, 2.24) is 5.32 Å². The van der Waals surface area contributed by atoms with E-state index in [1.165, 1.54) is 5.56 Å². The van der Waals surface area contributed by atoms with Gasteiger partial charge in [-0.25, -0.2) is 0 Å². The largest absolute Gasteiger partial charge is 0.310 e. The zero-order valence-corrected chi connectivity index (χ0v) is 11.5. The number of hydrogen-bond acceptors (Lipinski definition) is 4. The number of hydrogen-bond donors (Lipinski definition) is 1. The lowest BCUT2D eigenvalue weighted by molar-refractivity contribution is -0.385. The van der Waals surface area contributed by atoms with Crippen LogP contribution in [0.1, 0.15) is 24.1 Å². The molecular formula is C14H16N2O2S. The fraction of sp³-hybridized carbons (Fsp3) is 0.286. The summed E-state index contributed by atoms with van der Waals surface area (Å²) in [6.45, 7) is 2.87. The Bertz CT molecular complexity index is 540. The van der Waals surface area contributed by atoms with Crippen LogP contribution in [0.3, 0.4) is 0 Å². The Morgan fingerprint density at radius 3 is 2.79 bits per heavy atom. The van der Waals surface area contributed by atoms with Crippen molar-refractivity contribution < 1.29 is 4.92 Å². The Balaban J connectivity index is 2.25. The second-order valence-electron chi connectivity index (χ2n) is 4.26. The third-order valence-corrected chi connectivity index (χ3v) is 3.71. The molecule has 5 heteroatoms. The average molecular weight is 276 g/mol. The highest BCUT2D eigenvalue weighted by Crippen LogP contribution is 2.26. The Hall–Kier alpha value is -1.72. The third kappa shape index (κ3) is 3.39. The molecule has 1 aromatic heterocycles. The molecule has 100 valence electrons. The lowest BCUT2D eigenvalue weighted by Crippen LogP contribution is -2.22. The molecule has 0 fully saturated rings. The summed E-state index contributed by atoms with van der Waals surface area (Å²) in [4.78, 5) is 10.7. The molecule has 1 heterocycles. The number of para-hydroxylation sites is 1. The van der Waals surface area contributed by atoms with Crippen LogP contribution in [0.5, 0.6) is 0 Å². The molecule has 0 radical (unpaired) electrons. The molecule has 1 unspecified atom stereocenters. The van der Waals surface area contributed by atoms with Gasteiger partial charge in [-0.1, -0.05) is 25.1 Å². The fourth-order valence-electron chi connectivity index (χ4n) is 2.11. The number of rotatable bonds is 6. The van der Waals surface area contributed by atoms with Crippen molar-refractivity contribution in [3.05, 3.63) is 62.3 Å². The molecule has 1 aromatic carbocycles. The Labute approximate surface area is 116 Å². The van der Waals surface area contributed by atoms with E-state index in [2.05, 4.69) is 16.8 Å². The van der Waals surface area contributed by atoms with Gasteiger partial charge in [-0.3, -0.25) is 10.1 Å². The second kappa shape index (κ2) is 6.45. The average Bonchev–Trinajstić information content (AvgIpc) is 2.92.